The Morgan fingerprint density at radius 1 is 1.12 bits per heavy atom. The van der Waals surface area contributed by atoms with Gasteiger partial charge in [0.1, 0.15) is 5.82 Å². The van der Waals surface area contributed by atoms with Crippen molar-refractivity contribution >= 4 is 17.3 Å². The highest BCUT2D eigenvalue weighted by molar-refractivity contribution is 6.15. The zero-order valence-electron chi connectivity index (χ0n) is 18.8. The fourth-order valence-corrected chi connectivity index (χ4v) is 4.65. The predicted molar refractivity (Wildman–Crippen MR) is 126 cm³/mol. The van der Waals surface area contributed by atoms with Gasteiger partial charge in [-0.25, -0.2) is 4.39 Å². The van der Waals surface area contributed by atoms with E-state index in [0.29, 0.717) is 13.1 Å². The Labute approximate surface area is 192 Å². The Morgan fingerprint density at radius 3 is 2.70 bits per heavy atom. The molecule has 1 fully saturated rings. The van der Waals surface area contributed by atoms with Crippen LogP contribution >= 0.6 is 0 Å². The molecule has 6 nitrogen and oxygen atoms in total. The summed E-state index contributed by atoms with van der Waals surface area (Å²) in [5, 5.41) is 0. The van der Waals surface area contributed by atoms with Crippen LogP contribution in [0.1, 0.15) is 35.0 Å². The van der Waals surface area contributed by atoms with E-state index >= 15 is 0 Å². The smallest absolute Gasteiger partial charge is 0.228 e. The highest BCUT2D eigenvalue weighted by Gasteiger charge is 2.28. The van der Waals surface area contributed by atoms with Crippen LogP contribution < -0.4 is 4.90 Å². The normalized spacial score (nSPS) is 17.7. The van der Waals surface area contributed by atoms with E-state index in [9.17, 15) is 9.18 Å². The van der Waals surface area contributed by atoms with Crippen molar-refractivity contribution in [3.8, 4) is 0 Å². The molecule has 5 rings (SSSR count). The van der Waals surface area contributed by atoms with Crippen LogP contribution in [0, 0.1) is 12.7 Å². The second-order valence-electron chi connectivity index (χ2n) is 8.72. The van der Waals surface area contributed by atoms with Crippen molar-refractivity contribution in [3.63, 3.8) is 0 Å². The molecular formula is C26H26FN5O. The van der Waals surface area contributed by atoms with Crippen molar-refractivity contribution in [2.24, 2.45) is 4.99 Å². The Morgan fingerprint density at radius 2 is 1.94 bits per heavy atom. The zero-order valence-corrected chi connectivity index (χ0v) is 18.8. The van der Waals surface area contributed by atoms with Gasteiger partial charge in [0.05, 0.1) is 24.4 Å². The van der Waals surface area contributed by atoms with E-state index in [4.69, 9.17) is 4.99 Å². The van der Waals surface area contributed by atoms with Gasteiger partial charge in [0.2, 0.25) is 5.91 Å². The number of piperazine rings is 1. The minimum atomic E-state index is -0.240. The molecule has 4 heterocycles. The molecule has 0 spiro atoms. The molecule has 2 aromatic heterocycles. The van der Waals surface area contributed by atoms with Gasteiger partial charge in [0.25, 0.3) is 0 Å². The first kappa shape index (κ1) is 21.2. The van der Waals surface area contributed by atoms with Gasteiger partial charge >= 0.3 is 0 Å². The molecule has 0 N–H and O–H groups in total. The average Bonchev–Trinajstić information content (AvgIpc) is 3.23. The van der Waals surface area contributed by atoms with Crippen molar-refractivity contribution in [2.75, 3.05) is 24.5 Å². The molecule has 0 radical (unpaired) electrons. The minimum absolute atomic E-state index is 0.0654. The number of pyridine rings is 2. The van der Waals surface area contributed by atoms with Crippen molar-refractivity contribution in [1.29, 1.82) is 0 Å². The first-order chi connectivity index (χ1) is 16.0. The lowest BCUT2D eigenvalue weighted by Crippen LogP contribution is -2.54. The van der Waals surface area contributed by atoms with Gasteiger partial charge in [-0.1, -0.05) is 0 Å². The van der Waals surface area contributed by atoms with E-state index in [1.54, 1.807) is 18.3 Å². The van der Waals surface area contributed by atoms with Crippen LogP contribution in [-0.4, -0.2) is 52.2 Å². The summed E-state index contributed by atoms with van der Waals surface area (Å²) in [5.74, 6) is -0.159. The lowest BCUT2D eigenvalue weighted by molar-refractivity contribution is -0.132. The van der Waals surface area contributed by atoms with Crippen LogP contribution in [0.2, 0.25) is 0 Å². The molecule has 7 heteroatoms. The molecule has 33 heavy (non-hydrogen) atoms. The number of aliphatic imine (C=N–C) groups is 1. The number of nitrogens with zero attached hydrogens (tertiary/aromatic N) is 5. The fourth-order valence-electron chi connectivity index (χ4n) is 4.65. The quantitative estimate of drug-likeness (QED) is 0.619. The van der Waals surface area contributed by atoms with E-state index in [-0.39, 0.29) is 24.2 Å². The van der Waals surface area contributed by atoms with Crippen molar-refractivity contribution in [3.05, 3.63) is 88.8 Å². The molecule has 0 unspecified atom stereocenters. The Hall–Kier alpha value is -3.61. The molecule has 0 bridgehead atoms. The summed E-state index contributed by atoms with van der Waals surface area (Å²) in [6.45, 7) is 6.70. The maximum Gasteiger partial charge on any atom is 0.228 e. The first-order valence-electron chi connectivity index (χ1n) is 11.2. The van der Waals surface area contributed by atoms with Gasteiger partial charge in [-0.05, 0) is 61.9 Å². The number of fused-ring (bicyclic) bond motifs is 1. The summed E-state index contributed by atoms with van der Waals surface area (Å²) >= 11 is 0. The van der Waals surface area contributed by atoms with Gasteiger partial charge in [-0.3, -0.25) is 19.8 Å². The van der Waals surface area contributed by atoms with Crippen molar-refractivity contribution < 1.29 is 9.18 Å². The summed E-state index contributed by atoms with van der Waals surface area (Å²) in [4.78, 5) is 30.7. The number of aromatic nitrogens is 2. The monoisotopic (exact) mass is 443 g/mol. The topological polar surface area (TPSA) is 61.7 Å². The fraction of sp³-hybridized carbons (Fsp3) is 0.308. The largest absolute Gasteiger partial charge is 0.368 e. The third-order valence-corrected chi connectivity index (χ3v) is 6.35. The van der Waals surface area contributed by atoms with Crippen LogP contribution in [-0.2, 0) is 17.8 Å². The Kier molecular flexibility index (Phi) is 5.62. The van der Waals surface area contributed by atoms with Crippen molar-refractivity contribution in [2.45, 2.75) is 32.9 Å². The molecule has 1 aromatic carbocycles. The zero-order chi connectivity index (χ0) is 22.9. The number of halogens is 1. The number of aryl methyl sites for hydroxylation is 1. The number of amides is 1. The van der Waals surface area contributed by atoms with E-state index in [1.165, 1.54) is 12.1 Å². The number of carbonyl (C=O) groups is 1. The molecule has 3 aromatic rings. The van der Waals surface area contributed by atoms with Crippen LogP contribution in [0.4, 0.5) is 10.1 Å². The summed E-state index contributed by atoms with van der Waals surface area (Å²) in [5.41, 5.74) is 6.81. The number of carbonyl (C=O) groups excluding carboxylic acids is 1. The highest BCUT2D eigenvalue weighted by atomic mass is 19.1. The molecular weight excluding hydrogens is 417 g/mol. The summed E-state index contributed by atoms with van der Waals surface area (Å²) in [6, 6.07) is 12.6. The number of anilines is 1. The molecule has 0 saturated carbocycles. The first-order valence-corrected chi connectivity index (χ1v) is 11.2. The molecule has 0 aliphatic carbocycles. The number of rotatable bonds is 4. The van der Waals surface area contributed by atoms with E-state index < -0.39 is 0 Å². The van der Waals surface area contributed by atoms with Gasteiger partial charge in [0, 0.05) is 60.6 Å². The predicted octanol–water partition coefficient (Wildman–Crippen LogP) is 3.55. The van der Waals surface area contributed by atoms with E-state index in [0.717, 1.165) is 52.6 Å². The third kappa shape index (κ3) is 4.35. The second kappa shape index (κ2) is 8.73. The summed E-state index contributed by atoms with van der Waals surface area (Å²) < 4.78 is 13.2. The number of hydrogen-bond acceptors (Lipinski definition) is 5. The van der Waals surface area contributed by atoms with Gasteiger partial charge < -0.3 is 9.80 Å². The summed E-state index contributed by atoms with van der Waals surface area (Å²) in [7, 11) is 0. The highest BCUT2D eigenvalue weighted by Crippen LogP contribution is 2.24. The van der Waals surface area contributed by atoms with Crippen LogP contribution in [0.5, 0.6) is 0 Å². The van der Waals surface area contributed by atoms with Gasteiger partial charge in [-0.2, -0.15) is 0 Å². The van der Waals surface area contributed by atoms with E-state index in [2.05, 4.69) is 21.8 Å². The van der Waals surface area contributed by atoms with Gasteiger partial charge in [-0.15, -0.1) is 0 Å². The molecule has 2 aliphatic heterocycles. The Balaban J connectivity index is 1.24. The number of hydrogen-bond donors (Lipinski definition) is 0. The standard InChI is InChI=1S/C26H26FN5O/c1-17-11-19(7-8-28-17)26-24-15-29-22(12-20(24)14-30-26)13-25(33)32-10-9-31(16-18(32)2)23-5-3-21(27)4-6-23/h3-8,11-12,15,18H,9-10,13-14,16H2,1-2H3/t18-/m1/s1. The molecule has 1 amide bonds. The molecule has 168 valence electrons. The molecule has 1 atom stereocenters. The van der Waals surface area contributed by atoms with Crippen LogP contribution in [0.3, 0.4) is 0 Å². The average molecular weight is 444 g/mol. The van der Waals surface area contributed by atoms with Crippen molar-refractivity contribution in [1.82, 2.24) is 14.9 Å². The maximum absolute atomic E-state index is 13.2. The van der Waals surface area contributed by atoms with E-state index in [1.807, 2.05) is 36.2 Å². The van der Waals surface area contributed by atoms with Gasteiger partial charge in [0.15, 0.2) is 0 Å². The Bertz CT molecular complexity index is 1220. The third-order valence-electron chi connectivity index (χ3n) is 6.35. The van der Waals surface area contributed by atoms with Crippen LogP contribution in [0.25, 0.3) is 0 Å². The lowest BCUT2D eigenvalue weighted by Gasteiger charge is -2.41. The van der Waals surface area contributed by atoms with Crippen LogP contribution in [0.15, 0.2) is 59.9 Å². The summed E-state index contributed by atoms with van der Waals surface area (Å²) in [6.07, 6.45) is 3.91. The minimum Gasteiger partial charge on any atom is -0.368 e. The number of benzene rings is 1. The molecule has 1 saturated heterocycles. The second-order valence-corrected chi connectivity index (χ2v) is 8.72. The molecule has 2 aliphatic rings. The lowest BCUT2D eigenvalue weighted by atomic mass is 10.0. The maximum atomic E-state index is 13.2. The SMILES string of the molecule is Cc1cc(C2=NCc3cc(CC(=O)N4CCN(c5ccc(F)cc5)C[C@H]4C)ncc32)ccn1.